The molecule has 0 radical (unpaired) electrons. The molecule has 17 heavy (non-hydrogen) atoms. The summed E-state index contributed by atoms with van der Waals surface area (Å²) in [5, 5.41) is 10.6. The van der Waals surface area contributed by atoms with E-state index >= 15 is 0 Å². The van der Waals surface area contributed by atoms with E-state index in [9.17, 15) is 14.5 Å². The Morgan fingerprint density at radius 1 is 1.59 bits per heavy atom. The van der Waals surface area contributed by atoms with E-state index in [0.29, 0.717) is 12.3 Å². The monoisotopic (exact) mass is 297 g/mol. The number of halogens is 3. The largest absolute Gasteiger partial charge is 0.284 e. The number of nitro benzene ring substituents is 1. The lowest BCUT2D eigenvalue weighted by Gasteiger charge is -2.09. The van der Waals surface area contributed by atoms with Crippen molar-refractivity contribution >= 4 is 40.7 Å². The Labute approximate surface area is 112 Å². The van der Waals surface area contributed by atoms with Crippen molar-refractivity contribution in [3.63, 3.8) is 0 Å². The minimum atomic E-state index is -0.655. The van der Waals surface area contributed by atoms with Crippen molar-refractivity contribution in [1.29, 1.82) is 0 Å². The SMILES string of the molecule is CC(CCCl)Sc1cc(F)c(Cl)cc1[N+](=O)[O-]. The van der Waals surface area contributed by atoms with E-state index in [4.69, 9.17) is 23.2 Å². The van der Waals surface area contributed by atoms with E-state index in [1.165, 1.54) is 11.8 Å². The summed E-state index contributed by atoms with van der Waals surface area (Å²) in [6.45, 7) is 1.88. The van der Waals surface area contributed by atoms with Crippen LogP contribution in [0.15, 0.2) is 17.0 Å². The van der Waals surface area contributed by atoms with Gasteiger partial charge < -0.3 is 0 Å². The third-order valence-corrected chi connectivity index (χ3v) is 3.77. The van der Waals surface area contributed by atoms with Gasteiger partial charge in [0.1, 0.15) is 5.82 Å². The highest BCUT2D eigenvalue weighted by molar-refractivity contribution is 8.00. The molecule has 1 rings (SSSR count). The van der Waals surface area contributed by atoms with E-state index < -0.39 is 10.7 Å². The number of thioether (sulfide) groups is 1. The molecule has 0 aromatic heterocycles. The third kappa shape index (κ3) is 4.01. The molecule has 1 unspecified atom stereocenters. The maximum atomic E-state index is 13.3. The summed E-state index contributed by atoms with van der Waals surface area (Å²) in [4.78, 5) is 10.5. The van der Waals surface area contributed by atoms with Crippen LogP contribution < -0.4 is 0 Å². The maximum absolute atomic E-state index is 13.3. The number of hydrogen-bond acceptors (Lipinski definition) is 3. The summed E-state index contributed by atoms with van der Waals surface area (Å²) in [5.41, 5.74) is -0.178. The predicted molar refractivity (Wildman–Crippen MR) is 68.7 cm³/mol. The highest BCUT2D eigenvalue weighted by Gasteiger charge is 2.19. The molecule has 94 valence electrons. The molecule has 0 saturated carbocycles. The molecule has 0 aliphatic carbocycles. The van der Waals surface area contributed by atoms with Crippen molar-refractivity contribution in [1.82, 2.24) is 0 Å². The zero-order valence-corrected chi connectivity index (χ0v) is 11.3. The minimum Gasteiger partial charge on any atom is -0.258 e. The quantitative estimate of drug-likeness (QED) is 0.348. The van der Waals surface area contributed by atoms with Crippen LogP contribution in [-0.4, -0.2) is 16.1 Å². The number of rotatable bonds is 5. The molecule has 0 aliphatic heterocycles. The number of nitrogens with zero attached hydrogens (tertiary/aromatic N) is 1. The fraction of sp³-hybridized carbons (Fsp3) is 0.400. The van der Waals surface area contributed by atoms with Crippen LogP contribution in [-0.2, 0) is 0 Å². The molecule has 1 aromatic carbocycles. The van der Waals surface area contributed by atoms with Gasteiger partial charge in [-0.05, 0) is 12.5 Å². The third-order valence-electron chi connectivity index (χ3n) is 2.04. The van der Waals surface area contributed by atoms with Crippen LogP contribution in [0, 0.1) is 15.9 Å². The highest BCUT2D eigenvalue weighted by Crippen LogP contribution is 2.36. The molecular weight excluding hydrogens is 288 g/mol. The van der Waals surface area contributed by atoms with Gasteiger partial charge in [0, 0.05) is 17.2 Å². The first kappa shape index (κ1) is 14.5. The van der Waals surface area contributed by atoms with Gasteiger partial charge in [0.2, 0.25) is 0 Å². The van der Waals surface area contributed by atoms with Crippen molar-refractivity contribution in [2.45, 2.75) is 23.5 Å². The van der Waals surface area contributed by atoms with Crippen molar-refractivity contribution in [3.8, 4) is 0 Å². The first-order valence-corrected chi connectivity index (χ1v) is 6.61. The molecule has 3 nitrogen and oxygen atoms in total. The fourth-order valence-electron chi connectivity index (χ4n) is 1.18. The summed E-state index contributed by atoms with van der Waals surface area (Å²) in [6.07, 6.45) is 0.688. The van der Waals surface area contributed by atoms with E-state index in [0.717, 1.165) is 12.1 Å². The second-order valence-corrected chi connectivity index (χ2v) is 5.66. The minimum absolute atomic E-state index is 0.0757. The van der Waals surface area contributed by atoms with Crippen molar-refractivity contribution in [3.05, 3.63) is 33.1 Å². The average Bonchev–Trinajstić information content (AvgIpc) is 2.23. The molecule has 7 heteroatoms. The zero-order chi connectivity index (χ0) is 13.0. The Hall–Kier alpha value is -0.520. The van der Waals surface area contributed by atoms with Crippen LogP contribution in [0.25, 0.3) is 0 Å². The van der Waals surface area contributed by atoms with Gasteiger partial charge in [-0.2, -0.15) is 0 Å². The van der Waals surface area contributed by atoms with Gasteiger partial charge in [-0.1, -0.05) is 18.5 Å². The van der Waals surface area contributed by atoms with Crippen LogP contribution in [0.3, 0.4) is 0 Å². The summed E-state index contributed by atoms with van der Waals surface area (Å²) in [7, 11) is 0. The summed E-state index contributed by atoms with van der Waals surface area (Å²) >= 11 is 12.3. The zero-order valence-electron chi connectivity index (χ0n) is 8.95. The lowest BCUT2D eigenvalue weighted by molar-refractivity contribution is -0.387. The van der Waals surface area contributed by atoms with Gasteiger partial charge in [0.15, 0.2) is 0 Å². The number of hydrogen-bond donors (Lipinski definition) is 0. The Kier molecular flexibility index (Phi) is 5.49. The second kappa shape index (κ2) is 6.42. The Morgan fingerprint density at radius 2 is 2.24 bits per heavy atom. The first-order valence-electron chi connectivity index (χ1n) is 4.81. The normalized spacial score (nSPS) is 12.5. The lowest BCUT2D eigenvalue weighted by Crippen LogP contribution is -1.99. The van der Waals surface area contributed by atoms with E-state index in [1.54, 1.807) is 0 Å². The molecule has 0 amide bonds. The van der Waals surface area contributed by atoms with Crippen LogP contribution in [0.5, 0.6) is 0 Å². The van der Waals surface area contributed by atoms with Crippen molar-refractivity contribution in [2.75, 3.05) is 5.88 Å². The first-order chi connectivity index (χ1) is 7.95. The summed E-state index contributed by atoms with van der Waals surface area (Å²) in [5.74, 6) is -0.198. The molecule has 0 bridgehead atoms. The maximum Gasteiger partial charge on any atom is 0.284 e. The topological polar surface area (TPSA) is 43.1 Å². The highest BCUT2D eigenvalue weighted by atomic mass is 35.5. The molecule has 1 atom stereocenters. The molecule has 1 aromatic rings. The van der Waals surface area contributed by atoms with Gasteiger partial charge in [0.05, 0.1) is 14.8 Å². The van der Waals surface area contributed by atoms with Crippen LogP contribution in [0.1, 0.15) is 13.3 Å². The number of nitro groups is 1. The van der Waals surface area contributed by atoms with Gasteiger partial charge in [-0.3, -0.25) is 10.1 Å². The Morgan fingerprint density at radius 3 is 2.76 bits per heavy atom. The van der Waals surface area contributed by atoms with Crippen molar-refractivity contribution < 1.29 is 9.31 Å². The lowest BCUT2D eigenvalue weighted by atomic mass is 10.3. The molecule has 0 fully saturated rings. The molecule has 0 heterocycles. The van der Waals surface area contributed by atoms with E-state index in [-0.39, 0.29) is 20.9 Å². The predicted octanol–water partition coefficient (Wildman–Crippen LogP) is 4.50. The molecular formula is C10H10Cl2FNO2S. The molecule has 0 saturated heterocycles. The van der Waals surface area contributed by atoms with Gasteiger partial charge in [0.25, 0.3) is 5.69 Å². The van der Waals surface area contributed by atoms with Crippen LogP contribution >= 0.6 is 35.0 Å². The Balaban J connectivity index is 3.04. The Bertz CT molecular complexity index is 431. The number of alkyl halides is 1. The van der Waals surface area contributed by atoms with Gasteiger partial charge >= 0.3 is 0 Å². The van der Waals surface area contributed by atoms with Gasteiger partial charge in [-0.25, -0.2) is 4.39 Å². The number of benzene rings is 1. The van der Waals surface area contributed by atoms with Crippen LogP contribution in [0.2, 0.25) is 5.02 Å². The second-order valence-electron chi connectivity index (χ2n) is 3.40. The molecule has 0 N–H and O–H groups in total. The van der Waals surface area contributed by atoms with Crippen molar-refractivity contribution in [2.24, 2.45) is 0 Å². The fourth-order valence-corrected chi connectivity index (χ4v) is 2.89. The summed E-state index contributed by atoms with van der Waals surface area (Å²) < 4.78 is 13.3. The van der Waals surface area contributed by atoms with E-state index in [2.05, 4.69) is 0 Å². The van der Waals surface area contributed by atoms with Gasteiger partial charge in [-0.15, -0.1) is 23.4 Å². The van der Waals surface area contributed by atoms with E-state index in [1.807, 2.05) is 6.92 Å². The van der Waals surface area contributed by atoms with Crippen LogP contribution in [0.4, 0.5) is 10.1 Å². The summed E-state index contributed by atoms with van der Waals surface area (Å²) in [6, 6.07) is 2.13. The molecule has 0 spiro atoms. The standard InChI is InChI=1S/C10H10Cl2FNO2S/c1-6(2-3-11)17-10-5-8(13)7(12)4-9(10)14(15)16/h4-6H,2-3H2,1H3. The smallest absolute Gasteiger partial charge is 0.258 e. The average molecular weight is 298 g/mol. The molecule has 0 aliphatic rings.